The largest absolute Gasteiger partial charge is 0.508 e. The molecule has 0 spiro atoms. The summed E-state index contributed by atoms with van der Waals surface area (Å²) in [5.41, 5.74) is 4.74. The van der Waals surface area contributed by atoms with E-state index in [1.807, 2.05) is 6.07 Å². The number of phenolic OH excluding ortho intramolecular Hbond substituents is 1. The molecular weight excluding hydrogens is 222 g/mol. The highest BCUT2D eigenvalue weighted by molar-refractivity contribution is 5.52. The topological polar surface area (TPSA) is 32.3 Å². The van der Waals surface area contributed by atoms with Gasteiger partial charge in [0.15, 0.2) is 0 Å². The number of rotatable bonds is 2. The van der Waals surface area contributed by atoms with E-state index in [1.165, 1.54) is 11.1 Å². The van der Waals surface area contributed by atoms with Gasteiger partial charge >= 0.3 is 0 Å². The summed E-state index contributed by atoms with van der Waals surface area (Å²) in [7, 11) is 0. The Balaban J connectivity index is 1.87. The van der Waals surface area contributed by atoms with E-state index >= 15 is 0 Å². The molecule has 0 amide bonds. The van der Waals surface area contributed by atoms with Crippen molar-refractivity contribution in [3.8, 4) is 5.75 Å². The van der Waals surface area contributed by atoms with Crippen molar-refractivity contribution < 1.29 is 5.11 Å². The summed E-state index contributed by atoms with van der Waals surface area (Å²) >= 11 is 0. The van der Waals surface area contributed by atoms with Gasteiger partial charge in [0, 0.05) is 5.69 Å². The number of benzene rings is 2. The smallest absolute Gasteiger partial charge is 0.119 e. The molecule has 0 aromatic heterocycles. The fourth-order valence-corrected chi connectivity index (χ4v) is 2.72. The molecule has 0 aliphatic heterocycles. The zero-order chi connectivity index (χ0) is 12.5. The molecule has 0 heterocycles. The maximum Gasteiger partial charge on any atom is 0.119 e. The number of hydrogen-bond donors (Lipinski definition) is 2. The fourth-order valence-electron chi connectivity index (χ4n) is 2.72. The molecule has 2 nitrogen and oxygen atoms in total. The molecular formula is C16H17NO. The van der Waals surface area contributed by atoms with Gasteiger partial charge in [0.25, 0.3) is 0 Å². The summed E-state index contributed by atoms with van der Waals surface area (Å²) in [6.45, 7) is 2.10. The van der Waals surface area contributed by atoms with Crippen LogP contribution in [0.2, 0.25) is 0 Å². The van der Waals surface area contributed by atoms with Gasteiger partial charge in [0.2, 0.25) is 0 Å². The number of phenols is 1. The van der Waals surface area contributed by atoms with E-state index in [0.29, 0.717) is 11.8 Å². The Morgan fingerprint density at radius 2 is 2.00 bits per heavy atom. The van der Waals surface area contributed by atoms with E-state index in [1.54, 1.807) is 6.07 Å². The van der Waals surface area contributed by atoms with Crippen LogP contribution >= 0.6 is 0 Å². The summed E-state index contributed by atoms with van der Waals surface area (Å²) in [5.74, 6) is 0.432. The predicted octanol–water partition coefficient (Wildman–Crippen LogP) is 3.80. The van der Waals surface area contributed by atoms with Crippen LogP contribution in [0.25, 0.3) is 0 Å². The van der Waals surface area contributed by atoms with Crippen molar-refractivity contribution in [1.29, 1.82) is 0 Å². The second-order valence-corrected chi connectivity index (χ2v) is 4.95. The van der Waals surface area contributed by atoms with Crippen LogP contribution in [0.15, 0.2) is 42.5 Å². The number of nitrogens with one attached hydrogen (secondary N) is 1. The molecule has 92 valence electrons. The first-order valence-corrected chi connectivity index (χ1v) is 6.38. The monoisotopic (exact) mass is 239 g/mol. The Morgan fingerprint density at radius 1 is 1.17 bits per heavy atom. The van der Waals surface area contributed by atoms with E-state index in [-0.39, 0.29) is 0 Å². The van der Waals surface area contributed by atoms with Crippen molar-refractivity contribution in [3.05, 3.63) is 59.2 Å². The number of aromatic hydroxyl groups is 1. The number of hydrogen-bond acceptors (Lipinski definition) is 2. The van der Waals surface area contributed by atoms with Gasteiger partial charge in [-0.1, -0.05) is 24.3 Å². The molecule has 1 unspecified atom stereocenters. The minimum Gasteiger partial charge on any atom is -0.508 e. The van der Waals surface area contributed by atoms with Crippen molar-refractivity contribution in [1.82, 2.24) is 0 Å². The van der Waals surface area contributed by atoms with Crippen molar-refractivity contribution in [3.63, 3.8) is 0 Å². The van der Waals surface area contributed by atoms with E-state index < -0.39 is 0 Å². The second kappa shape index (κ2) is 4.37. The van der Waals surface area contributed by atoms with Crippen LogP contribution in [0, 0.1) is 6.92 Å². The van der Waals surface area contributed by atoms with Gasteiger partial charge in [0.05, 0.1) is 6.04 Å². The van der Waals surface area contributed by atoms with Crippen LogP contribution < -0.4 is 5.32 Å². The molecule has 18 heavy (non-hydrogen) atoms. The SMILES string of the molecule is Cc1cccc(NC2CCc3c(O)cccc32)c1. The van der Waals surface area contributed by atoms with Gasteiger partial charge in [-0.2, -0.15) is 0 Å². The average Bonchev–Trinajstić information content (AvgIpc) is 2.74. The first-order chi connectivity index (χ1) is 8.74. The van der Waals surface area contributed by atoms with Gasteiger partial charge < -0.3 is 10.4 Å². The summed E-state index contributed by atoms with van der Waals surface area (Å²) in [4.78, 5) is 0. The molecule has 0 bridgehead atoms. The molecule has 2 aromatic carbocycles. The van der Waals surface area contributed by atoms with Crippen molar-refractivity contribution in [2.75, 3.05) is 5.32 Å². The lowest BCUT2D eigenvalue weighted by atomic mass is 10.1. The minimum atomic E-state index is 0.314. The lowest BCUT2D eigenvalue weighted by molar-refractivity contribution is 0.469. The van der Waals surface area contributed by atoms with Gasteiger partial charge in [-0.05, 0) is 54.7 Å². The Labute approximate surface area is 107 Å². The van der Waals surface area contributed by atoms with Gasteiger partial charge in [-0.25, -0.2) is 0 Å². The number of anilines is 1. The predicted molar refractivity (Wildman–Crippen MR) is 74.0 cm³/mol. The van der Waals surface area contributed by atoms with Crippen LogP contribution in [0.4, 0.5) is 5.69 Å². The zero-order valence-electron chi connectivity index (χ0n) is 10.5. The van der Waals surface area contributed by atoms with Gasteiger partial charge in [-0.15, -0.1) is 0 Å². The lowest BCUT2D eigenvalue weighted by Gasteiger charge is -2.16. The third-order valence-electron chi connectivity index (χ3n) is 3.60. The summed E-state index contributed by atoms with van der Waals surface area (Å²) in [5, 5.41) is 13.4. The molecule has 0 saturated heterocycles. The van der Waals surface area contributed by atoms with Crippen molar-refractivity contribution in [2.24, 2.45) is 0 Å². The van der Waals surface area contributed by atoms with Crippen LogP contribution in [0.5, 0.6) is 5.75 Å². The van der Waals surface area contributed by atoms with Crippen molar-refractivity contribution in [2.45, 2.75) is 25.8 Å². The molecule has 1 atom stereocenters. The lowest BCUT2D eigenvalue weighted by Crippen LogP contribution is -2.06. The summed E-state index contributed by atoms with van der Waals surface area (Å²) < 4.78 is 0. The fraction of sp³-hybridized carbons (Fsp3) is 0.250. The van der Waals surface area contributed by atoms with E-state index in [4.69, 9.17) is 0 Å². The molecule has 2 heteroatoms. The normalized spacial score (nSPS) is 17.5. The van der Waals surface area contributed by atoms with Crippen LogP contribution in [-0.2, 0) is 6.42 Å². The van der Waals surface area contributed by atoms with Crippen LogP contribution in [0.3, 0.4) is 0 Å². The summed E-state index contributed by atoms with van der Waals surface area (Å²) in [6.07, 6.45) is 1.99. The van der Waals surface area contributed by atoms with Crippen molar-refractivity contribution >= 4 is 5.69 Å². The molecule has 0 fully saturated rings. The van der Waals surface area contributed by atoms with E-state index in [2.05, 4.69) is 42.6 Å². The minimum absolute atomic E-state index is 0.314. The molecule has 0 saturated carbocycles. The summed E-state index contributed by atoms with van der Waals surface area (Å²) in [6, 6.07) is 14.5. The molecule has 2 aromatic rings. The zero-order valence-corrected chi connectivity index (χ0v) is 10.5. The third-order valence-corrected chi connectivity index (χ3v) is 3.60. The van der Waals surface area contributed by atoms with Crippen LogP contribution in [-0.4, -0.2) is 5.11 Å². The highest BCUT2D eigenvalue weighted by atomic mass is 16.3. The molecule has 1 aliphatic rings. The average molecular weight is 239 g/mol. The maximum atomic E-state index is 9.83. The first kappa shape index (κ1) is 11.1. The molecule has 2 N–H and O–H groups in total. The highest BCUT2D eigenvalue weighted by Crippen LogP contribution is 2.38. The number of fused-ring (bicyclic) bond motifs is 1. The first-order valence-electron chi connectivity index (χ1n) is 6.38. The second-order valence-electron chi connectivity index (χ2n) is 4.95. The van der Waals surface area contributed by atoms with Gasteiger partial charge in [0.1, 0.15) is 5.75 Å². The molecule has 1 aliphatic carbocycles. The Bertz CT molecular complexity index is 577. The molecule has 0 radical (unpaired) electrons. The standard InChI is InChI=1S/C16H17NO/c1-11-4-2-5-12(10-11)17-15-9-8-14-13(15)6-3-7-16(14)18/h2-7,10,15,17-18H,8-9H2,1H3. The Morgan fingerprint density at radius 3 is 2.83 bits per heavy atom. The van der Waals surface area contributed by atoms with E-state index in [0.717, 1.165) is 24.1 Å². The molecule has 3 rings (SSSR count). The Hall–Kier alpha value is -1.96. The van der Waals surface area contributed by atoms with Crippen LogP contribution in [0.1, 0.15) is 29.2 Å². The third kappa shape index (κ3) is 1.94. The maximum absolute atomic E-state index is 9.83. The van der Waals surface area contributed by atoms with Gasteiger partial charge in [-0.3, -0.25) is 0 Å². The quantitative estimate of drug-likeness (QED) is 0.835. The van der Waals surface area contributed by atoms with E-state index in [9.17, 15) is 5.11 Å². The Kier molecular flexibility index (Phi) is 2.71. The highest BCUT2D eigenvalue weighted by Gasteiger charge is 2.24. The number of aryl methyl sites for hydroxylation is 1.